The van der Waals surface area contributed by atoms with Crippen LogP contribution in [0.2, 0.25) is 5.02 Å². The van der Waals surface area contributed by atoms with E-state index in [1.807, 2.05) is 23.6 Å². The van der Waals surface area contributed by atoms with Crippen LogP contribution >= 0.6 is 11.6 Å². The maximum Gasteiger partial charge on any atom is 0.336 e. The molecular formula is C29H29ClN2O5. The first-order valence-electron chi connectivity index (χ1n) is 12.8. The number of carboxylic acids is 1. The molecule has 1 fully saturated rings. The van der Waals surface area contributed by atoms with Crippen LogP contribution in [0.3, 0.4) is 0 Å². The number of benzene rings is 1. The number of piperidine rings is 1. The number of pyridine rings is 1. The Morgan fingerprint density at radius 1 is 1.30 bits per heavy atom. The molecule has 3 N–H and O–H groups in total. The number of rotatable bonds is 3. The SMILES string of the molecule is Cc1c(C(=O)O)cc2c(Cl)ccn2c1C(C)c1cc(O)c2c3c1C[C@@H]1[C@@H]4C=C[C@H](O)[C@H](O2)[C@]34CCN1C. The molecule has 7 rings (SSSR count). The first kappa shape index (κ1) is 23.1. The molecule has 7 nitrogen and oxygen atoms in total. The minimum atomic E-state index is -0.999. The van der Waals surface area contributed by atoms with Gasteiger partial charge in [0.15, 0.2) is 11.5 Å². The maximum absolute atomic E-state index is 12.2. The van der Waals surface area contributed by atoms with Crippen LogP contribution in [0, 0.1) is 12.8 Å². The molecule has 192 valence electrons. The number of hydrogen-bond donors (Lipinski definition) is 3. The van der Waals surface area contributed by atoms with Gasteiger partial charge in [0.2, 0.25) is 0 Å². The van der Waals surface area contributed by atoms with E-state index in [1.165, 1.54) is 0 Å². The number of fused-ring (bicyclic) bond motifs is 1. The van der Waals surface area contributed by atoms with E-state index in [4.69, 9.17) is 16.3 Å². The molecule has 0 saturated carbocycles. The normalized spacial score (nSPS) is 30.3. The van der Waals surface area contributed by atoms with Gasteiger partial charge in [-0.05, 0) is 68.2 Å². The number of aliphatic hydroxyl groups is 1. The van der Waals surface area contributed by atoms with Crippen molar-refractivity contribution >= 4 is 23.1 Å². The van der Waals surface area contributed by atoms with Crippen molar-refractivity contribution in [2.24, 2.45) is 5.92 Å². The van der Waals surface area contributed by atoms with E-state index >= 15 is 0 Å². The van der Waals surface area contributed by atoms with E-state index in [-0.39, 0.29) is 29.2 Å². The van der Waals surface area contributed by atoms with E-state index in [9.17, 15) is 20.1 Å². The van der Waals surface area contributed by atoms with Crippen molar-refractivity contribution in [1.29, 1.82) is 0 Å². The van der Waals surface area contributed by atoms with E-state index in [0.717, 1.165) is 41.8 Å². The molecule has 2 aliphatic carbocycles. The van der Waals surface area contributed by atoms with Gasteiger partial charge in [-0.3, -0.25) is 0 Å². The third-order valence-electron chi connectivity index (χ3n) is 9.62. The van der Waals surface area contributed by atoms with Crippen molar-refractivity contribution < 1.29 is 24.9 Å². The van der Waals surface area contributed by atoms with Crippen LogP contribution < -0.4 is 4.74 Å². The second-order valence-corrected chi connectivity index (χ2v) is 11.6. The minimum absolute atomic E-state index is 0.0709. The molecule has 3 aromatic rings. The number of carbonyl (C=O) groups is 1. The van der Waals surface area contributed by atoms with Gasteiger partial charge in [0.05, 0.1) is 16.1 Å². The van der Waals surface area contributed by atoms with Gasteiger partial charge in [0.25, 0.3) is 0 Å². The number of carboxylic acid groups (broad SMARTS) is 1. The highest BCUT2D eigenvalue weighted by molar-refractivity contribution is 6.34. The highest BCUT2D eigenvalue weighted by atomic mass is 35.5. The summed E-state index contributed by atoms with van der Waals surface area (Å²) in [5.74, 6) is -0.483. The summed E-state index contributed by atoms with van der Waals surface area (Å²) in [5.41, 5.74) is 5.09. The lowest BCUT2D eigenvalue weighted by Gasteiger charge is -2.56. The van der Waals surface area contributed by atoms with Crippen LogP contribution in [0.15, 0.2) is 36.5 Å². The molecule has 1 unspecified atom stereocenters. The summed E-state index contributed by atoms with van der Waals surface area (Å²) in [4.78, 5) is 14.6. The fourth-order valence-electron chi connectivity index (χ4n) is 7.97. The van der Waals surface area contributed by atoms with Crippen molar-refractivity contribution in [3.63, 3.8) is 0 Å². The third kappa shape index (κ3) is 2.77. The summed E-state index contributed by atoms with van der Waals surface area (Å²) in [7, 11) is 2.16. The zero-order valence-electron chi connectivity index (χ0n) is 20.9. The lowest BCUT2D eigenvalue weighted by molar-refractivity contribution is -0.0454. The van der Waals surface area contributed by atoms with Gasteiger partial charge in [-0.1, -0.05) is 30.7 Å². The van der Waals surface area contributed by atoms with Gasteiger partial charge in [-0.15, -0.1) is 0 Å². The first-order valence-corrected chi connectivity index (χ1v) is 13.2. The Bertz CT molecular complexity index is 1540. The zero-order chi connectivity index (χ0) is 26.0. The van der Waals surface area contributed by atoms with Crippen LogP contribution in [-0.4, -0.2) is 62.4 Å². The number of aliphatic hydroxyl groups excluding tert-OH is 1. The Morgan fingerprint density at radius 2 is 2.08 bits per heavy atom. The molecule has 2 bridgehead atoms. The fourth-order valence-corrected chi connectivity index (χ4v) is 8.18. The van der Waals surface area contributed by atoms with Crippen molar-refractivity contribution in [2.75, 3.05) is 13.6 Å². The van der Waals surface area contributed by atoms with Crippen LogP contribution in [-0.2, 0) is 11.8 Å². The molecule has 0 radical (unpaired) electrons. The lowest BCUT2D eigenvalue weighted by Crippen LogP contribution is -2.64. The summed E-state index contributed by atoms with van der Waals surface area (Å²) in [6, 6.07) is 5.42. The van der Waals surface area contributed by atoms with Gasteiger partial charge in [-0.25, -0.2) is 4.79 Å². The standard InChI is InChI=1S/C29H29ClN2O5/c1-13(25-14(2)16(28(35)36)10-21-19(30)6-8-32(21)25)15-12-23(34)26-24-17(15)11-20-18-4-5-22(33)27(37-26)29(18,24)7-9-31(20)3/h4-6,8,10,12-13,18,20,22,27,33-34H,7,9,11H2,1-3H3,(H,35,36)/t13?,18-,20+,22-,27-,29-/m0/s1. The Balaban J connectivity index is 1.50. The average molecular weight is 521 g/mol. The van der Waals surface area contributed by atoms with Crippen molar-refractivity contribution in [2.45, 2.75) is 56.3 Å². The van der Waals surface area contributed by atoms with Gasteiger partial charge in [-0.2, -0.15) is 0 Å². The number of likely N-dealkylation sites (N-methyl/N-ethyl adjacent to an activating group) is 1. The molecule has 6 atom stereocenters. The Hall–Kier alpha value is -3.00. The number of likely N-dealkylation sites (tertiary alicyclic amines) is 1. The maximum atomic E-state index is 12.2. The van der Waals surface area contributed by atoms with Crippen molar-refractivity contribution in [3.8, 4) is 11.5 Å². The largest absolute Gasteiger partial charge is 0.504 e. The molecule has 2 aromatic heterocycles. The van der Waals surface area contributed by atoms with E-state index in [2.05, 4.69) is 24.9 Å². The second kappa shape index (κ2) is 7.53. The highest BCUT2D eigenvalue weighted by Gasteiger charge is 2.64. The number of phenolic OH excluding ortho intramolecular Hbond substituents is 1. The molecule has 0 amide bonds. The molecule has 37 heavy (non-hydrogen) atoms. The number of aromatic carboxylic acids is 1. The third-order valence-corrected chi connectivity index (χ3v) is 9.94. The first-order chi connectivity index (χ1) is 17.6. The zero-order valence-corrected chi connectivity index (χ0v) is 21.7. The number of nitrogens with zero attached hydrogens (tertiary/aromatic N) is 2. The molecule has 8 heteroatoms. The summed E-state index contributed by atoms with van der Waals surface area (Å²) >= 11 is 6.46. The second-order valence-electron chi connectivity index (χ2n) is 11.2. The van der Waals surface area contributed by atoms with E-state index < -0.39 is 23.6 Å². The molecule has 1 spiro atoms. The smallest absolute Gasteiger partial charge is 0.336 e. The quantitative estimate of drug-likeness (QED) is 0.447. The molecule has 4 heterocycles. The molecule has 1 saturated heterocycles. The topological polar surface area (TPSA) is 94.6 Å². The monoisotopic (exact) mass is 520 g/mol. The number of halogens is 1. The number of aromatic nitrogens is 1. The predicted octanol–water partition coefficient (Wildman–Crippen LogP) is 4.26. The molecule has 2 aliphatic heterocycles. The number of phenols is 1. The van der Waals surface area contributed by atoms with Crippen LogP contribution in [0.25, 0.3) is 5.52 Å². The number of ether oxygens (including phenoxy) is 1. The van der Waals surface area contributed by atoms with Crippen LogP contribution in [0.1, 0.15) is 57.6 Å². The molecule has 4 aliphatic rings. The summed E-state index contributed by atoms with van der Waals surface area (Å²) in [5, 5.41) is 32.7. The number of aromatic hydroxyl groups is 1. The Morgan fingerprint density at radius 3 is 2.84 bits per heavy atom. The Labute approximate surface area is 219 Å². The van der Waals surface area contributed by atoms with Crippen molar-refractivity contribution in [1.82, 2.24) is 9.30 Å². The average Bonchev–Trinajstić information content (AvgIpc) is 3.41. The highest BCUT2D eigenvalue weighted by Crippen LogP contribution is 2.63. The van der Waals surface area contributed by atoms with E-state index in [0.29, 0.717) is 21.9 Å². The summed E-state index contributed by atoms with van der Waals surface area (Å²) in [6.45, 7) is 4.79. The molecular weight excluding hydrogens is 492 g/mol. The van der Waals surface area contributed by atoms with Crippen LogP contribution in [0.4, 0.5) is 0 Å². The lowest BCUT2D eigenvalue weighted by atomic mass is 9.52. The van der Waals surface area contributed by atoms with Gasteiger partial charge in [0, 0.05) is 40.7 Å². The van der Waals surface area contributed by atoms with Gasteiger partial charge < -0.3 is 29.4 Å². The predicted molar refractivity (Wildman–Crippen MR) is 139 cm³/mol. The van der Waals surface area contributed by atoms with Crippen molar-refractivity contribution in [3.05, 3.63) is 75.1 Å². The minimum Gasteiger partial charge on any atom is -0.504 e. The fraction of sp³-hybridized carbons (Fsp3) is 0.414. The number of hydrogen-bond acceptors (Lipinski definition) is 5. The van der Waals surface area contributed by atoms with Gasteiger partial charge in [0.1, 0.15) is 12.2 Å². The van der Waals surface area contributed by atoms with E-state index in [1.54, 1.807) is 18.2 Å². The van der Waals surface area contributed by atoms with Gasteiger partial charge >= 0.3 is 5.97 Å². The van der Waals surface area contributed by atoms with Crippen LogP contribution in [0.5, 0.6) is 11.5 Å². The Kier molecular flexibility index (Phi) is 4.71. The summed E-state index contributed by atoms with van der Waals surface area (Å²) in [6.07, 6.45) is 6.33. The molecule has 1 aromatic carbocycles. The summed E-state index contributed by atoms with van der Waals surface area (Å²) < 4.78 is 8.34.